The molecule has 2 aliphatic rings. The van der Waals surface area contributed by atoms with Crippen LogP contribution in [0.15, 0.2) is 12.5 Å². The van der Waals surface area contributed by atoms with Crippen LogP contribution in [0, 0.1) is 11.8 Å². The molecule has 0 radical (unpaired) electrons. The minimum atomic E-state index is 0.748. The van der Waals surface area contributed by atoms with Gasteiger partial charge in [-0.2, -0.15) is 0 Å². The smallest absolute Gasteiger partial charge is 0.0951 e. The van der Waals surface area contributed by atoms with E-state index in [0.29, 0.717) is 0 Å². The zero-order valence-electron chi connectivity index (χ0n) is 11.4. The Kier molecular flexibility index (Phi) is 3.69. The van der Waals surface area contributed by atoms with Crippen LogP contribution < -0.4 is 5.32 Å². The van der Waals surface area contributed by atoms with Gasteiger partial charge in [-0.25, -0.2) is 4.98 Å². The zero-order chi connectivity index (χ0) is 12.4. The van der Waals surface area contributed by atoms with Crippen molar-refractivity contribution >= 4 is 0 Å². The van der Waals surface area contributed by atoms with Gasteiger partial charge in [0, 0.05) is 18.8 Å². The third-order valence-corrected chi connectivity index (χ3v) is 4.69. The van der Waals surface area contributed by atoms with Crippen LogP contribution in [0.25, 0.3) is 0 Å². The van der Waals surface area contributed by atoms with Gasteiger partial charge in [-0.3, -0.25) is 0 Å². The highest BCUT2D eigenvalue weighted by molar-refractivity contribution is 5.03. The molecule has 2 fully saturated rings. The predicted molar refractivity (Wildman–Crippen MR) is 73.3 cm³/mol. The molecule has 1 heterocycles. The molecule has 2 aliphatic carbocycles. The van der Waals surface area contributed by atoms with Gasteiger partial charge in [0.1, 0.15) is 0 Å². The van der Waals surface area contributed by atoms with E-state index in [-0.39, 0.29) is 0 Å². The molecule has 0 spiro atoms. The molecular weight excluding hydrogens is 222 g/mol. The van der Waals surface area contributed by atoms with Gasteiger partial charge in [0.15, 0.2) is 0 Å². The first-order chi connectivity index (χ1) is 8.84. The van der Waals surface area contributed by atoms with Crippen LogP contribution in [0.1, 0.15) is 57.2 Å². The normalized spacial score (nSPS) is 28.5. The van der Waals surface area contributed by atoms with Gasteiger partial charge in [-0.15, -0.1) is 0 Å². The summed E-state index contributed by atoms with van der Waals surface area (Å²) in [6, 6.07) is 0.748. The van der Waals surface area contributed by atoms with Gasteiger partial charge >= 0.3 is 0 Å². The maximum absolute atomic E-state index is 4.29. The van der Waals surface area contributed by atoms with Gasteiger partial charge in [0.2, 0.25) is 0 Å². The lowest BCUT2D eigenvalue weighted by Gasteiger charge is -2.28. The van der Waals surface area contributed by atoms with E-state index in [1.165, 1.54) is 50.8 Å². The Morgan fingerprint density at radius 3 is 2.89 bits per heavy atom. The van der Waals surface area contributed by atoms with Gasteiger partial charge in [-0.05, 0) is 37.6 Å². The molecule has 2 saturated carbocycles. The van der Waals surface area contributed by atoms with Gasteiger partial charge in [0.25, 0.3) is 0 Å². The Hall–Kier alpha value is -0.830. The SMILES string of the molecule is CC1CCCCC1CNCc1cncn1C1CC1. The maximum atomic E-state index is 4.29. The number of nitrogens with zero attached hydrogens (tertiary/aromatic N) is 2. The highest BCUT2D eigenvalue weighted by Crippen LogP contribution is 2.35. The zero-order valence-corrected chi connectivity index (χ0v) is 11.4. The molecule has 18 heavy (non-hydrogen) atoms. The van der Waals surface area contributed by atoms with Crippen molar-refractivity contribution in [2.24, 2.45) is 11.8 Å². The average Bonchev–Trinajstić information content (AvgIpc) is 3.12. The summed E-state index contributed by atoms with van der Waals surface area (Å²) in [4.78, 5) is 4.29. The Balaban J connectivity index is 1.47. The highest BCUT2D eigenvalue weighted by atomic mass is 15.1. The van der Waals surface area contributed by atoms with Crippen LogP contribution in [-0.2, 0) is 6.54 Å². The van der Waals surface area contributed by atoms with Crippen LogP contribution in [0.2, 0.25) is 0 Å². The van der Waals surface area contributed by atoms with E-state index in [1.54, 1.807) is 0 Å². The first kappa shape index (κ1) is 12.2. The second-order valence-corrected chi connectivity index (χ2v) is 6.18. The minimum absolute atomic E-state index is 0.748. The van der Waals surface area contributed by atoms with Crippen molar-refractivity contribution in [1.29, 1.82) is 0 Å². The van der Waals surface area contributed by atoms with Crippen LogP contribution >= 0.6 is 0 Å². The molecule has 0 saturated heterocycles. The number of nitrogens with one attached hydrogen (secondary N) is 1. The third-order valence-electron chi connectivity index (χ3n) is 4.69. The van der Waals surface area contributed by atoms with E-state index in [9.17, 15) is 0 Å². The Morgan fingerprint density at radius 1 is 1.28 bits per heavy atom. The van der Waals surface area contributed by atoms with E-state index in [1.807, 2.05) is 12.5 Å². The van der Waals surface area contributed by atoms with E-state index in [2.05, 4.69) is 21.8 Å². The highest BCUT2D eigenvalue weighted by Gasteiger charge is 2.25. The molecule has 3 heteroatoms. The van der Waals surface area contributed by atoms with Crippen molar-refractivity contribution in [1.82, 2.24) is 14.9 Å². The lowest BCUT2D eigenvalue weighted by atomic mass is 9.80. The molecule has 1 N–H and O–H groups in total. The summed E-state index contributed by atoms with van der Waals surface area (Å²) >= 11 is 0. The van der Waals surface area contributed by atoms with Gasteiger partial charge in [-0.1, -0.05) is 26.2 Å². The number of aromatic nitrogens is 2. The first-order valence-corrected chi connectivity index (χ1v) is 7.56. The number of rotatable bonds is 5. The fourth-order valence-electron chi connectivity index (χ4n) is 3.23. The lowest BCUT2D eigenvalue weighted by Crippen LogP contribution is -2.29. The monoisotopic (exact) mass is 247 g/mol. The van der Waals surface area contributed by atoms with Gasteiger partial charge in [0.05, 0.1) is 12.0 Å². The fourth-order valence-corrected chi connectivity index (χ4v) is 3.23. The van der Waals surface area contributed by atoms with E-state index < -0.39 is 0 Å². The van der Waals surface area contributed by atoms with Crippen molar-refractivity contribution in [2.75, 3.05) is 6.54 Å². The molecule has 1 aromatic heterocycles. The first-order valence-electron chi connectivity index (χ1n) is 7.56. The second-order valence-electron chi connectivity index (χ2n) is 6.18. The number of hydrogen-bond acceptors (Lipinski definition) is 2. The summed E-state index contributed by atoms with van der Waals surface area (Å²) in [5.41, 5.74) is 1.36. The summed E-state index contributed by atoms with van der Waals surface area (Å²) in [5.74, 6) is 1.79. The molecule has 0 bridgehead atoms. The van der Waals surface area contributed by atoms with E-state index in [4.69, 9.17) is 0 Å². The molecule has 0 aliphatic heterocycles. The van der Waals surface area contributed by atoms with Crippen LogP contribution in [-0.4, -0.2) is 16.1 Å². The summed E-state index contributed by atoms with van der Waals surface area (Å²) in [5, 5.41) is 3.65. The van der Waals surface area contributed by atoms with E-state index >= 15 is 0 Å². The van der Waals surface area contributed by atoms with Crippen molar-refractivity contribution < 1.29 is 0 Å². The number of imidazole rings is 1. The largest absolute Gasteiger partial charge is 0.330 e. The topological polar surface area (TPSA) is 29.9 Å². The fraction of sp³-hybridized carbons (Fsp3) is 0.800. The summed E-state index contributed by atoms with van der Waals surface area (Å²) in [7, 11) is 0. The lowest BCUT2D eigenvalue weighted by molar-refractivity contribution is 0.247. The van der Waals surface area contributed by atoms with Gasteiger partial charge < -0.3 is 9.88 Å². The molecule has 2 unspecified atom stereocenters. The molecule has 3 rings (SSSR count). The van der Waals surface area contributed by atoms with Crippen LogP contribution in [0.3, 0.4) is 0 Å². The standard InChI is InChI=1S/C15H25N3/c1-12-4-2-3-5-13(12)8-16-9-15-10-17-11-18(15)14-6-7-14/h10-14,16H,2-9H2,1H3. The number of hydrogen-bond donors (Lipinski definition) is 1. The van der Waals surface area contributed by atoms with Crippen molar-refractivity contribution in [3.63, 3.8) is 0 Å². The van der Waals surface area contributed by atoms with Crippen LogP contribution in [0.4, 0.5) is 0 Å². The molecule has 0 amide bonds. The summed E-state index contributed by atoms with van der Waals surface area (Å²) < 4.78 is 2.36. The second kappa shape index (κ2) is 5.43. The van der Waals surface area contributed by atoms with E-state index in [0.717, 1.165) is 24.4 Å². The van der Waals surface area contributed by atoms with Crippen LogP contribution in [0.5, 0.6) is 0 Å². The van der Waals surface area contributed by atoms with Crippen molar-refractivity contribution in [3.8, 4) is 0 Å². The molecule has 3 nitrogen and oxygen atoms in total. The van der Waals surface area contributed by atoms with Crippen molar-refractivity contribution in [2.45, 2.75) is 58.0 Å². The minimum Gasteiger partial charge on any atom is -0.330 e. The average molecular weight is 247 g/mol. The molecular formula is C15H25N3. The Bertz CT molecular complexity index is 381. The Morgan fingerprint density at radius 2 is 2.11 bits per heavy atom. The molecule has 2 atom stereocenters. The molecule has 1 aromatic rings. The third kappa shape index (κ3) is 2.77. The van der Waals surface area contributed by atoms with Crippen molar-refractivity contribution in [3.05, 3.63) is 18.2 Å². The predicted octanol–water partition coefficient (Wildman–Crippen LogP) is 3.13. The molecule has 100 valence electrons. The summed E-state index contributed by atoms with van der Waals surface area (Å²) in [6.45, 7) is 4.58. The molecule has 0 aromatic carbocycles. The Labute approximate surface area is 110 Å². The summed E-state index contributed by atoms with van der Waals surface area (Å²) in [6.07, 6.45) is 12.4. The quantitative estimate of drug-likeness (QED) is 0.866. The maximum Gasteiger partial charge on any atom is 0.0951 e.